The van der Waals surface area contributed by atoms with Crippen molar-refractivity contribution in [3.8, 4) is 0 Å². The summed E-state index contributed by atoms with van der Waals surface area (Å²) in [5.74, 6) is 0. The molecule has 0 bridgehead atoms. The number of thiophene rings is 1. The van der Waals surface area contributed by atoms with E-state index in [0.717, 1.165) is 32.8 Å². The number of fused-ring (bicyclic) bond motifs is 1. The lowest BCUT2D eigenvalue weighted by atomic mass is 10.1. The monoisotopic (exact) mass is 269 g/mol. The topological polar surface area (TPSA) is 12.5 Å². The summed E-state index contributed by atoms with van der Waals surface area (Å²) in [6, 6.07) is 8.65. The van der Waals surface area contributed by atoms with Gasteiger partial charge in [0.1, 0.15) is 0 Å². The number of nitrogens with zero attached hydrogens (tertiary/aromatic N) is 1. The van der Waals surface area contributed by atoms with Crippen molar-refractivity contribution < 1.29 is 4.74 Å². The molecule has 0 amide bonds. The second-order valence-electron chi connectivity index (χ2n) is 4.15. The summed E-state index contributed by atoms with van der Waals surface area (Å²) in [7, 11) is 0. The molecular formula is C13H16ClNOS. The zero-order valence-electron chi connectivity index (χ0n) is 9.59. The van der Waals surface area contributed by atoms with E-state index in [0.29, 0.717) is 0 Å². The molecule has 0 radical (unpaired) electrons. The summed E-state index contributed by atoms with van der Waals surface area (Å²) >= 11 is 1.84. The van der Waals surface area contributed by atoms with Gasteiger partial charge in [0.05, 0.1) is 13.2 Å². The van der Waals surface area contributed by atoms with Gasteiger partial charge in [-0.25, -0.2) is 0 Å². The molecule has 0 atom stereocenters. The Morgan fingerprint density at radius 3 is 2.76 bits per heavy atom. The maximum Gasteiger partial charge on any atom is 0.0594 e. The number of rotatable bonds is 2. The molecule has 92 valence electrons. The molecule has 17 heavy (non-hydrogen) atoms. The molecule has 0 N–H and O–H groups in total. The first-order chi connectivity index (χ1) is 7.93. The fraction of sp³-hybridized carbons (Fsp3) is 0.385. The van der Waals surface area contributed by atoms with Crippen molar-refractivity contribution in [2.45, 2.75) is 6.54 Å². The summed E-state index contributed by atoms with van der Waals surface area (Å²) in [5, 5.41) is 3.71. The molecule has 1 aliphatic heterocycles. The minimum atomic E-state index is 0. The summed E-state index contributed by atoms with van der Waals surface area (Å²) in [4.78, 5) is 2.47. The van der Waals surface area contributed by atoms with Crippen molar-refractivity contribution >= 4 is 33.8 Å². The van der Waals surface area contributed by atoms with Crippen LogP contribution in [0.5, 0.6) is 0 Å². The van der Waals surface area contributed by atoms with E-state index in [1.165, 1.54) is 15.6 Å². The van der Waals surface area contributed by atoms with Crippen molar-refractivity contribution in [3.63, 3.8) is 0 Å². The molecule has 0 spiro atoms. The second kappa shape index (κ2) is 5.83. The van der Waals surface area contributed by atoms with E-state index < -0.39 is 0 Å². The number of morpholine rings is 1. The molecule has 3 rings (SSSR count). The number of benzene rings is 1. The van der Waals surface area contributed by atoms with Gasteiger partial charge in [0.2, 0.25) is 0 Å². The van der Waals surface area contributed by atoms with Gasteiger partial charge in [-0.1, -0.05) is 18.2 Å². The Kier molecular flexibility index (Phi) is 4.40. The third-order valence-electron chi connectivity index (χ3n) is 3.06. The van der Waals surface area contributed by atoms with Gasteiger partial charge in [-0.05, 0) is 22.4 Å². The van der Waals surface area contributed by atoms with Gasteiger partial charge in [0, 0.05) is 24.3 Å². The fourth-order valence-electron chi connectivity index (χ4n) is 2.16. The Morgan fingerprint density at radius 2 is 1.94 bits per heavy atom. The van der Waals surface area contributed by atoms with Crippen LogP contribution < -0.4 is 0 Å². The van der Waals surface area contributed by atoms with Crippen molar-refractivity contribution in [2.24, 2.45) is 0 Å². The molecule has 1 saturated heterocycles. The normalized spacial score (nSPS) is 16.9. The zero-order valence-corrected chi connectivity index (χ0v) is 11.2. The van der Waals surface area contributed by atoms with Gasteiger partial charge < -0.3 is 4.74 Å². The Labute approximate surface area is 112 Å². The molecule has 1 fully saturated rings. The third-order valence-corrected chi connectivity index (χ3v) is 4.07. The maximum absolute atomic E-state index is 5.37. The van der Waals surface area contributed by atoms with E-state index in [9.17, 15) is 0 Å². The van der Waals surface area contributed by atoms with Gasteiger partial charge in [-0.2, -0.15) is 0 Å². The van der Waals surface area contributed by atoms with Crippen molar-refractivity contribution in [2.75, 3.05) is 26.3 Å². The van der Waals surface area contributed by atoms with Gasteiger partial charge in [-0.15, -0.1) is 23.7 Å². The van der Waals surface area contributed by atoms with E-state index >= 15 is 0 Å². The fourth-order valence-corrected chi connectivity index (χ4v) is 3.11. The van der Waals surface area contributed by atoms with Gasteiger partial charge in [0.25, 0.3) is 0 Å². The molecule has 1 aliphatic rings. The van der Waals surface area contributed by atoms with E-state index in [1.807, 2.05) is 11.3 Å². The Bertz CT molecular complexity index is 479. The van der Waals surface area contributed by atoms with Crippen molar-refractivity contribution in [1.82, 2.24) is 4.90 Å². The van der Waals surface area contributed by atoms with Crippen LogP contribution in [0.25, 0.3) is 10.1 Å². The van der Waals surface area contributed by atoms with E-state index in [2.05, 4.69) is 34.5 Å². The summed E-state index contributed by atoms with van der Waals surface area (Å²) in [5.41, 5.74) is 1.46. The minimum Gasteiger partial charge on any atom is -0.379 e. The van der Waals surface area contributed by atoms with E-state index in [4.69, 9.17) is 4.74 Å². The SMILES string of the molecule is Cl.c1ccc2c(CN3CCOCC3)csc2c1. The quantitative estimate of drug-likeness (QED) is 0.830. The molecule has 4 heteroatoms. The van der Waals surface area contributed by atoms with Crippen LogP contribution in [-0.4, -0.2) is 31.2 Å². The van der Waals surface area contributed by atoms with E-state index in [1.54, 1.807) is 0 Å². The lowest BCUT2D eigenvalue weighted by Crippen LogP contribution is -2.35. The van der Waals surface area contributed by atoms with Crippen LogP contribution >= 0.6 is 23.7 Å². The van der Waals surface area contributed by atoms with Crippen molar-refractivity contribution in [1.29, 1.82) is 0 Å². The second-order valence-corrected chi connectivity index (χ2v) is 5.06. The predicted molar refractivity (Wildman–Crippen MR) is 75.2 cm³/mol. The average Bonchev–Trinajstić information content (AvgIpc) is 2.74. The molecular weight excluding hydrogens is 254 g/mol. The van der Waals surface area contributed by atoms with Crippen molar-refractivity contribution in [3.05, 3.63) is 35.2 Å². The first-order valence-corrected chi connectivity index (χ1v) is 6.57. The van der Waals surface area contributed by atoms with Gasteiger partial charge in [-0.3, -0.25) is 4.90 Å². The Balaban J connectivity index is 0.00000108. The third kappa shape index (κ3) is 2.80. The smallest absolute Gasteiger partial charge is 0.0594 e. The summed E-state index contributed by atoms with van der Waals surface area (Å²) < 4.78 is 6.76. The summed E-state index contributed by atoms with van der Waals surface area (Å²) in [6.45, 7) is 4.94. The van der Waals surface area contributed by atoms with Crippen LogP contribution in [-0.2, 0) is 11.3 Å². The van der Waals surface area contributed by atoms with Crippen LogP contribution in [0.15, 0.2) is 29.6 Å². The maximum atomic E-state index is 5.37. The molecule has 2 heterocycles. The number of hydrogen-bond donors (Lipinski definition) is 0. The van der Waals surface area contributed by atoms with Crippen LogP contribution in [0, 0.1) is 0 Å². The molecule has 0 aliphatic carbocycles. The number of ether oxygens (including phenoxy) is 1. The molecule has 1 aromatic heterocycles. The number of halogens is 1. The van der Waals surface area contributed by atoms with Crippen LogP contribution in [0.3, 0.4) is 0 Å². The lowest BCUT2D eigenvalue weighted by Gasteiger charge is -2.26. The molecule has 1 aromatic carbocycles. The Hall–Kier alpha value is -0.610. The van der Waals surface area contributed by atoms with E-state index in [-0.39, 0.29) is 12.4 Å². The van der Waals surface area contributed by atoms with Gasteiger partial charge >= 0.3 is 0 Å². The van der Waals surface area contributed by atoms with Crippen LogP contribution in [0.4, 0.5) is 0 Å². The summed E-state index contributed by atoms with van der Waals surface area (Å²) in [6.07, 6.45) is 0. The largest absolute Gasteiger partial charge is 0.379 e. The minimum absolute atomic E-state index is 0. The highest BCUT2D eigenvalue weighted by molar-refractivity contribution is 7.17. The highest BCUT2D eigenvalue weighted by atomic mass is 35.5. The standard InChI is InChI=1S/C13H15NOS.ClH/c1-2-4-13-12(3-1)11(10-16-13)9-14-5-7-15-8-6-14;/h1-4,10H,5-9H2;1H. The zero-order chi connectivity index (χ0) is 10.8. The first kappa shape index (κ1) is 12.8. The first-order valence-electron chi connectivity index (χ1n) is 5.69. The molecule has 0 saturated carbocycles. The highest BCUT2D eigenvalue weighted by Crippen LogP contribution is 2.26. The predicted octanol–water partition coefficient (Wildman–Crippen LogP) is 3.16. The number of hydrogen-bond acceptors (Lipinski definition) is 3. The highest BCUT2D eigenvalue weighted by Gasteiger charge is 2.12. The Morgan fingerprint density at radius 1 is 1.18 bits per heavy atom. The molecule has 0 unspecified atom stereocenters. The lowest BCUT2D eigenvalue weighted by molar-refractivity contribution is 0.0344. The molecule has 2 nitrogen and oxygen atoms in total. The van der Waals surface area contributed by atoms with Crippen LogP contribution in [0.1, 0.15) is 5.56 Å². The molecule has 2 aromatic rings. The van der Waals surface area contributed by atoms with Crippen LogP contribution in [0.2, 0.25) is 0 Å². The average molecular weight is 270 g/mol. The van der Waals surface area contributed by atoms with Gasteiger partial charge in [0.15, 0.2) is 0 Å².